The molecule has 0 aliphatic rings. The summed E-state index contributed by atoms with van der Waals surface area (Å²) >= 11 is 5.36. The SMILES string of the molecule is COC(=O)c1nn(-c2ccc(Br)cc2C)c(I)c1C(=O)OC. The van der Waals surface area contributed by atoms with Crippen molar-refractivity contribution in [3.8, 4) is 5.69 Å². The number of ether oxygens (including phenoxy) is 2. The fourth-order valence-corrected chi connectivity index (χ4v) is 3.26. The zero-order valence-electron chi connectivity index (χ0n) is 12.0. The third-order valence-electron chi connectivity index (χ3n) is 2.98. The van der Waals surface area contributed by atoms with Crippen molar-refractivity contribution in [1.82, 2.24) is 9.78 Å². The van der Waals surface area contributed by atoms with Gasteiger partial charge in [-0.2, -0.15) is 5.10 Å². The highest BCUT2D eigenvalue weighted by Crippen LogP contribution is 2.25. The molecule has 0 aliphatic carbocycles. The molecule has 0 unspecified atom stereocenters. The average molecular weight is 479 g/mol. The summed E-state index contributed by atoms with van der Waals surface area (Å²) in [5, 5.41) is 4.23. The van der Waals surface area contributed by atoms with Crippen LogP contribution < -0.4 is 0 Å². The van der Waals surface area contributed by atoms with E-state index < -0.39 is 11.9 Å². The van der Waals surface area contributed by atoms with Crippen LogP contribution in [0.25, 0.3) is 5.69 Å². The number of nitrogens with zero attached hydrogens (tertiary/aromatic N) is 2. The van der Waals surface area contributed by atoms with Crippen molar-refractivity contribution in [2.75, 3.05) is 14.2 Å². The van der Waals surface area contributed by atoms with Gasteiger partial charge in [-0.05, 0) is 53.3 Å². The standard InChI is InChI=1S/C14H12BrIN2O4/c1-7-6-8(15)4-5-9(7)18-12(16)10(13(19)21-2)11(17-18)14(20)22-3/h4-6H,1-3H3. The quantitative estimate of drug-likeness (QED) is 0.500. The predicted octanol–water partition coefficient (Wildman–Crippen LogP) is 3.12. The Kier molecular flexibility index (Phi) is 5.22. The largest absolute Gasteiger partial charge is 0.465 e. The molecule has 2 aromatic rings. The Morgan fingerprint density at radius 3 is 2.41 bits per heavy atom. The van der Waals surface area contributed by atoms with Gasteiger partial charge in [-0.1, -0.05) is 15.9 Å². The van der Waals surface area contributed by atoms with Crippen LogP contribution in [0.3, 0.4) is 0 Å². The van der Waals surface area contributed by atoms with Crippen molar-refractivity contribution in [2.24, 2.45) is 0 Å². The van der Waals surface area contributed by atoms with E-state index in [2.05, 4.69) is 21.0 Å². The maximum atomic E-state index is 12.0. The Balaban J connectivity index is 2.70. The van der Waals surface area contributed by atoms with Crippen molar-refractivity contribution in [1.29, 1.82) is 0 Å². The van der Waals surface area contributed by atoms with E-state index in [1.54, 1.807) is 0 Å². The molecule has 116 valence electrons. The lowest BCUT2D eigenvalue weighted by Gasteiger charge is -2.07. The third kappa shape index (κ3) is 3.02. The van der Waals surface area contributed by atoms with Crippen molar-refractivity contribution in [3.63, 3.8) is 0 Å². The highest BCUT2D eigenvalue weighted by molar-refractivity contribution is 14.1. The highest BCUT2D eigenvalue weighted by atomic mass is 127. The van der Waals surface area contributed by atoms with E-state index in [-0.39, 0.29) is 11.3 Å². The molecule has 0 fully saturated rings. The van der Waals surface area contributed by atoms with Crippen LogP contribution in [0, 0.1) is 10.6 Å². The smallest absolute Gasteiger partial charge is 0.359 e. The Morgan fingerprint density at radius 1 is 1.23 bits per heavy atom. The first kappa shape index (κ1) is 16.9. The summed E-state index contributed by atoms with van der Waals surface area (Å²) in [5.41, 5.74) is 1.72. The van der Waals surface area contributed by atoms with Crippen LogP contribution in [0.4, 0.5) is 0 Å². The van der Waals surface area contributed by atoms with Crippen molar-refractivity contribution >= 4 is 50.5 Å². The van der Waals surface area contributed by atoms with Gasteiger partial charge >= 0.3 is 11.9 Å². The van der Waals surface area contributed by atoms with Crippen LogP contribution in [0.5, 0.6) is 0 Å². The zero-order valence-corrected chi connectivity index (χ0v) is 15.8. The molecule has 0 saturated heterocycles. The second-order valence-electron chi connectivity index (χ2n) is 4.34. The number of carbonyl (C=O) groups excluding carboxylic acids is 2. The number of rotatable bonds is 3. The number of aryl methyl sites for hydroxylation is 1. The van der Waals surface area contributed by atoms with Gasteiger partial charge in [-0.3, -0.25) is 0 Å². The molecule has 6 nitrogen and oxygen atoms in total. The number of methoxy groups -OCH3 is 2. The van der Waals surface area contributed by atoms with Gasteiger partial charge in [-0.25, -0.2) is 14.3 Å². The number of carbonyl (C=O) groups is 2. The summed E-state index contributed by atoms with van der Waals surface area (Å²) in [6.07, 6.45) is 0. The molecule has 8 heteroatoms. The van der Waals surface area contributed by atoms with Gasteiger partial charge in [0.2, 0.25) is 0 Å². The summed E-state index contributed by atoms with van der Waals surface area (Å²) in [5.74, 6) is -1.32. The van der Waals surface area contributed by atoms with Gasteiger partial charge in [0.05, 0.1) is 19.9 Å². The minimum absolute atomic E-state index is 0.0685. The van der Waals surface area contributed by atoms with Crippen LogP contribution in [0.15, 0.2) is 22.7 Å². The molecule has 0 spiro atoms. The van der Waals surface area contributed by atoms with Gasteiger partial charge in [0, 0.05) is 4.47 Å². The molecular weight excluding hydrogens is 467 g/mol. The Labute approximate surface area is 149 Å². The lowest BCUT2D eigenvalue weighted by molar-refractivity contribution is 0.0551. The molecule has 1 heterocycles. The fourth-order valence-electron chi connectivity index (χ4n) is 1.94. The molecule has 1 aromatic heterocycles. The topological polar surface area (TPSA) is 70.4 Å². The van der Waals surface area contributed by atoms with Crippen molar-refractivity contribution in [3.05, 3.63) is 43.2 Å². The van der Waals surface area contributed by atoms with Crippen LogP contribution in [-0.2, 0) is 9.47 Å². The minimum Gasteiger partial charge on any atom is -0.465 e. The maximum absolute atomic E-state index is 12.0. The van der Waals surface area contributed by atoms with Crippen LogP contribution in [-0.4, -0.2) is 35.9 Å². The van der Waals surface area contributed by atoms with E-state index in [9.17, 15) is 9.59 Å². The second kappa shape index (κ2) is 6.78. The second-order valence-corrected chi connectivity index (χ2v) is 6.28. The first-order valence-corrected chi connectivity index (χ1v) is 7.99. The summed E-state index contributed by atoms with van der Waals surface area (Å²) in [4.78, 5) is 23.8. The summed E-state index contributed by atoms with van der Waals surface area (Å²) < 4.78 is 12.4. The predicted molar refractivity (Wildman–Crippen MR) is 91.4 cm³/mol. The van der Waals surface area contributed by atoms with E-state index in [0.717, 1.165) is 15.7 Å². The molecule has 0 N–H and O–H groups in total. The monoisotopic (exact) mass is 478 g/mol. The van der Waals surface area contributed by atoms with E-state index >= 15 is 0 Å². The number of hydrogen-bond donors (Lipinski definition) is 0. The molecule has 2 rings (SSSR count). The van der Waals surface area contributed by atoms with Crippen molar-refractivity contribution in [2.45, 2.75) is 6.92 Å². The van der Waals surface area contributed by atoms with Gasteiger partial charge in [0.1, 0.15) is 9.26 Å². The molecule has 0 radical (unpaired) electrons. The fraction of sp³-hybridized carbons (Fsp3) is 0.214. The molecule has 22 heavy (non-hydrogen) atoms. The number of aromatic nitrogens is 2. The maximum Gasteiger partial charge on any atom is 0.359 e. The molecule has 0 atom stereocenters. The number of hydrogen-bond acceptors (Lipinski definition) is 5. The Hall–Kier alpha value is -1.42. The van der Waals surface area contributed by atoms with Gasteiger partial charge in [-0.15, -0.1) is 0 Å². The third-order valence-corrected chi connectivity index (χ3v) is 4.47. The molecule has 0 aliphatic heterocycles. The highest BCUT2D eigenvalue weighted by Gasteiger charge is 2.29. The van der Waals surface area contributed by atoms with Gasteiger partial charge in [0.25, 0.3) is 0 Å². The Bertz CT molecular complexity index is 758. The first-order valence-electron chi connectivity index (χ1n) is 6.12. The Morgan fingerprint density at radius 2 is 1.86 bits per heavy atom. The number of halogens is 2. The van der Waals surface area contributed by atoms with E-state index in [1.165, 1.54) is 18.9 Å². The van der Waals surface area contributed by atoms with E-state index in [1.807, 2.05) is 47.7 Å². The van der Waals surface area contributed by atoms with Crippen LogP contribution in [0.2, 0.25) is 0 Å². The van der Waals surface area contributed by atoms with Crippen molar-refractivity contribution < 1.29 is 19.1 Å². The average Bonchev–Trinajstić information content (AvgIpc) is 2.83. The normalized spacial score (nSPS) is 10.4. The minimum atomic E-state index is -0.688. The lowest BCUT2D eigenvalue weighted by Crippen LogP contribution is -2.11. The molecular formula is C14H12BrIN2O4. The van der Waals surface area contributed by atoms with E-state index in [4.69, 9.17) is 9.47 Å². The summed E-state index contributed by atoms with van der Waals surface area (Å²) in [7, 11) is 2.49. The molecule has 0 saturated carbocycles. The summed E-state index contributed by atoms with van der Waals surface area (Å²) in [6.45, 7) is 1.91. The summed E-state index contributed by atoms with van der Waals surface area (Å²) in [6, 6.07) is 5.62. The lowest BCUT2D eigenvalue weighted by atomic mass is 10.2. The molecule has 1 aromatic carbocycles. The van der Waals surface area contributed by atoms with Gasteiger partial charge < -0.3 is 9.47 Å². The number of benzene rings is 1. The zero-order chi connectivity index (χ0) is 16.4. The first-order chi connectivity index (χ1) is 10.4. The van der Waals surface area contributed by atoms with Gasteiger partial charge in [0.15, 0.2) is 5.69 Å². The molecule has 0 bridgehead atoms. The van der Waals surface area contributed by atoms with Crippen LogP contribution >= 0.6 is 38.5 Å². The van der Waals surface area contributed by atoms with E-state index in [0.29, 0.717) is 3.70 Å². The van der Waals surface area contributed by atoms with Crippen LogP contribution in [0.1, 0.15) is 26.4 Å². The number of esters is 2. The molecule has 0 amide bonds.